The van der Waals surface area contributed by atoms with Crippen molar-refractivity contribution in [2.24, 2.45) is 0 Å². The van der Waals surface area contributed by atoms with E-state index in [0.29, 0.717) is 0 Å². The summed E-state index contributed by atoms with van der Waals surface area (Å²) >= 11 is 1.78. The molecule has 2 unspecified atom stereocenters. The molecule has 1 aliphatic rings. The van der Waals surface area contributed by atoms with Crippen LogP contribution in [0.3, 0.4) is 0 Å². The van der Waals surface area contributed by atoms with Crippen LogP contribution in [0.2, 0.25) is 0 Å². The van der Waals surface area contributed by atoms with Crippen LogP contribution < -0.4 is 5.32 Å². The SMILES string of the molecule is OCC1CSCC(CO)N1. The van der Waals surface area contributed by atoms with Gasteiger partial charge in [-0.15, -0.1) is 0 Å². The van der Waals surface area contributed by atoms with Crippen molar-refractivity contribution in [3.05, 3.63) is 0 Å². The van der Waals surface area contributed by atoms with Gasteiger partial charge in [-0.05, 0) is 0 Å². The highest BCUT2D eigenvalue weighted by atomic mass is 32.2. The highest BCUT2D eigenvalue weighted by molar-refractivity contribution is 7.99. The highest BCUT2D eigenvalue weighted by Crippen LogP contribution is 2.11. The van der Waals surface area contributed by atoms with Gasteiger partial charge in [0.2, 0.25) is 0 Å². The van der Waals surface area contributed by atoms with E-state index in [2.05, 4.69) is 5.32 Å². The number of aliphatic hydroxyl groups is 2. The molecule has 1 rings (SSSR count). The Labute approximate surface area is 64.8 Å². The monoisotopic (exact) mass is 163 g/mol. The molecular formula is C6H13NO2S. The summed E-state index contributed by atoms with van der Waals surface area (Å²) in [6.45, 7) is 0.340. The standard InChI is InChI=1S/C6H13NO2S/c8-1-5-3-10-4-6(2-9)7-5/h5-9H,1-4H2. The Hall–Kier alpha value is 0.230. The summed E-state index contributed by atoms with van der Waals surface area (Å²) < 4.78 is 0. The number of hydrogen-bond acceptors (Lipinski definition) is 4. The maximum Gasteiger partial charge on any atom is 0.0592 e. The van der Waals surface area contributed by atoms with Crippen LogP contribution in [0.1, 0.15) is 0 Å². The highest BCUT2D eigenvalue weighted by Gasteiger charge is 2.19. The zero-order valence-corrected chi connectivity index (χ0v) is 6.60. The molecule has 1 heterocycles. The number of thioether (sulfide) groups is 1. The van der Waals surface area contributed by atoms with Crippen molar-refractivity contribution in [1.29, 1.82) is 0 Å². The molecule has 0 aromatic heterocycles. The lowest BCUT2D eigenvalue weighted by Gasteiger charge is -2.27. The molecule has 0 amide bonds. The fourth-order valence-corrected chi connectivity index (χ4v) is 2.10. The first-order chi connectivity index (χ1) is 4.86. The molecule has 0 radical (unpaired) electrons. The quantitative estimate of drug-likeness (QED) is 0.491. The predicted octanol–water partition coefficient (Wildman–Crippen LogP) is -0.955. The van der Waals surface area contributed by atoms with Crippen LogP contribution in [-0.4, -0.2) is 47.0 Å². The second kappa shape index (κ2) is 4.18. The van der Waals surface area contributed by atoms with Crippen molar-refractivity contribution < 1.29 is 10.2 Å². The van der Waals surface area contributed by atoms with Crippen LogP contribution in [0.25, 0.3) is 0 Å². The number of aliphatic hydroxyl groups excluding tert-OH is 2. The van der Waals surface area contributed by atoms with Gasteiger partial charge in [-0.25, -0.2) is 0 Å². The van der Waals surface area contributed by atoms with Gasteiger partial charge in [-0.3, -0.25) is 0 Å². The minimum absolute atomic E-state index is 0.170. The van der Waals surface area contributed by atoms with E-state index >= 15 is 0 Å². The molecule has 2 atom stereocenters. The summed E-state index contributed by atoms with van der Waals surface area (Å²) in [5.74, 6) is 1.90. The van der Waals surface area contributed by atoms with E-state index in [1.54, 1.807) is 11.8 Å². The Morgan fingerprint density at radius 1 is 1.20 bits per heavy atom. The van der Waals surface area contributed by atoms with E-state index in [4.69, 9.17) is 10.2 Å². The summed E-state index contributed by atoms with van der Waals surface area (Å²) in [5, 5.41) is 20.6. The minimum Gasteiger partial charge on any atom is -0.395 e. The van der Waals surface area contributed by atoms with Gasteiger partial charge in [0, 0.05) is 23.6 Å². The van der Waals surface area contributed by atoms with Crippen molar-refractivity contribution in [1.82, 2.24) is 5.32 Å². The Bertz CT molecular complexity index is 91.7. The molecule has 1 fully saturated rings. The van der Waals surface area contributed by atoms with Gasteiger partial charge in [0.05, 0.1) is 13.2 Å². The zero-order valence-electron chi connectivity index (χ0n) is 5.79. The molecule has 10 heavy (non-hydrogen) atoms. The molecule has 0 spiro atoms. The van der Waals surface area contributed by atoms with Crippen LogP contribution in [0.15, 0.2) is 0 Å². The van der Waals surface area contributed by atoms with Gasteiger partial charge in [0.1, 0.15) is 0 Å². The summed E-state index contributed by atoms with van der Waals surface area (Å²) in [7, 11) is 0. The third kappa shape index (κ3) is 2.12. The third-order valence-corrected chi connectivity index (χ3v) is 2.83. The third-order valence-electron chi connectivity index (χ3n) is 1.55. The second-order valence-electron chi connectivity index (χ2n) is 2.46. The van der Waals surface area contributed by atoms with Gasteiger partial charge < -0.3 is 15.5 Å². The first-order valence-electron chi connectivity index (χ1n) is 3.42. The number of nitrogens with one attached hydrogen (secondary N) is 1. The van der Waals surface area contributed by atoms with E-state index in [0.717, 1.165) is 11.5 Å². The first-order valence-corrected chi connectivity index (χ1v) is 4.57. The van der Waals surface area contributed by atoms with E-state index < -0.39 is 0 Å². The average molecular weight is 163 g/mol. The van der Waals surface area contributed by atoms with E-state index in [-0.39, 0.29) is 25.3 Å². The lowest BCUT2D eigenvalue weighted by molar-refractivity contribution is 0.205. The molecule has 4 heteroatoms. The lowest BCUT2D eigenvalue weighted by Crippen LogP contribution is -2.48. The Balaban J connectivity index is 2.25. The van der Waals surface area contributed by atoms with Crippen LogP contribution in [0, 0.1) is 0 Å². The molecule has 0 aromatic carbocycles. The predicted molar refractivity (Wildman–Crippen MR) is 42.2 cm³/mol. The van der Waals surface area contributed by atoms with Gasteiger partial charge in [-0.2, -0.15) is 11.8 Å². The van der Waals surface area contributed by atoms with Crippen LogP contribution in [-0.2, 0) is 0 Å². The molecule has 0 aliphatic carbocycles. The molecule has 1 saturated heterocycles. The first kappa shape index (κ1) is 8.33. The summed E-state index contributed by atoms with van der Waals surface area (Å²) in [6, 6.07) is 0.354. The van der Waals surface area contributed by atoms with Crippen molar-refractivity contribution in [2.45, 2.75) is 12.1 Å². The molecule has 3 N–H and O–H groups in total. The molecular weight excluding hydrogens is 150 g/mol. The second-order valence-corrected chi connectivity index (χ2v) is 3.54. The summed E-state index contributed by atoms with van der Waals surface area (Å²) in [4.78, 5) is 0. The summed E-state index contributed by atoms with van der Waals surface area (Å²) in [5.41, 5.74) is 0. The zero-order chi connectivity index (χ0) is 7.40. The Kier molecular flexibility index (Phi) is 3.48. The topological polar surface area (TPSA) is 52.5 Å². The number of rotatable bonds is 2. The number of hydrogen-bond donors (Lipinski definition) is 3. The van der Waals surface area contributed by atoms with E-state index in [1.165, 1.54) is 0 Å². The fraction of sp³-hybridized carbons (Fsp3) is 1.00. The van der Waals surface area contributed by atoms with Crippen LogP contribution in [0.4, 0.5) is 0 Å². The summed E-state index contributed by atoms with van der Waals surface area (Å²) in [6.07, 6.45) is 0. The molecule has 1 aliphatic heterocycles. The molecule has 0 saturated carbocycles. The van der Waals surface area contributed by atoms with Gasteiger partial charge in [0.15, 0.2) is 0 Å². The van der Waals surface area contributed by atoms with E-state index in [1.807, 2.05) is 0 Å². The van der Waals surface area contributed by atoms with Gasteiger partial charge >= 0.3 is 0 Å². The average Bonchev–Trinajstić information content (AvgIpc) is 2.05. The molecule has 0 bridgehead atoms. The lowest BCUT2D eigenvalue weighted by atomic mass is 10.3. The maximum atomic E-state index is 8.75. The Morgan fingerprint density at radius 2 is 1.70 bits per heavy atom. The molecule has 0 aromatic rings. The fourth-order valence-electron chi connectivity index (χ4n) is 0.993. The van der Waals surface area contributed by atoms with Crippen LogP contribution >= 0.6 is 11.8 Å². The van der Waals surface area contributed by atoms with Gasteiger partial charge in [0.25, 0.3) is 0 Å². The Morgan fingerprint density at radius 3 is 2.10 bits per heavy atom. The molecule has 3 nitrogen and oxygen atoms in total. The normalized spacial score (nSPS) is 34.2. The van der Waals surface area contributed by atoms with Crippen molar-refractivity contribution >= 4 is 11.8 Å². The van der Waals surface area contributed by atoms with Crippen molar-refractivity contribution in [3.63, 3.8) is 0 Å². The largest absolute Gasteiger partial charge is 0.395 e. The smallest absolute Gasteiger partial charge is 0.0592 e. The minimum atomic E-state index is 0.170. The van der Waals surface area contributed by atoms with Crippen molar-refractivity contribution in [3.8, 4) is 0 Å². The van der Waals surface area contributed by atoms with E-state index in [9.17, 15) is 0 Å². The molecule has 60 valence electrons. The maximum absolute atomic E-state index is 8.75. The van der Waals surface area contributed by atoms with Crippen LogP contribution in [0.5, 0.6) is 0 Å². The van der Waals surface area contributed by atoms with Crippen molar-refractivity contribution in [2.75, 3.05) is 24.7 Å². The van der Waals surface area contributed by atoms with Gasteiger partial charge in [-0.1, -0.05) is 0 Å².